The number of methoxy groups -OCH3 is 1. The lowest BCUT2D eigenvalue weighted by Gasteiger charge is -2.51. The SMILES string of the molecule is CC[Si](CC)(CC)OC1(c2ccccc2)Oc2ccccc2C(O)(OC)C1O. The molecule has 2 N–H and O–H groups in total. The second-order valence-electron chi connectivity index (χ2n) is 7.28. The molecule has 0 fully saturated rings. The van der Waals surface area contributed by atoms with Crippen molar-refractivity contribution >= 4 is 8.32 Å². The van der Waals surface area contributed by atoms with Gasteiger partial charge in [-0.1, -0.05) is 63.2 Å². The molecule has 3 atom stereocenters. The first-order valence-electron chi connectivity index (χ1n) is 9.91. The van der Waals surface area contributed by atoms with Crippen molar-refractivity contribution in [2.45, 2.75) is 56.6 Å². The van der Waals surface area contributed by atoms with Crippen LogP contribution in [0.4, 0.5) is 0 Å². The molecule has 28 heavy (non-hydrogen) atoms. The molecule has 2 aromatic rings. The lowest BCUT2D eigenvalue weighted by molar-refractivity contribution is -0.344. The van der Waals surface area contributed by atoms with Gasteiger partial charge in [0.05, 0.1) is 5.56 Å². The van der Waals surface area contributed by atoms with Crippen molar-refractivity contribution in [1.29, 1.82) is 0 Å². The van der Waals surface area contributed by atoms with E-state index in [9.17, 15) is 10.2 Å². The van der Waals surface area contributed by atoms with Crippen molar-refractivity contribution in [2.24, 2.45) is 0 Å². The van der Waals surface area contributed by atoms with E-state index in [1.807, 2.05) is 36.4 Å². The fraction of sp³-hybridized carbons (Fsp3) is 0.455. The predicted octanol–water partition coefficient (Wildman–Crippen LogP) is 4.11. The molecule has 3 rings (SSSR count). The van der Waals surface area contributed by atoms with Gasteiger partial charge in [0, 0.05) is 12.7 Å². The Morgan fingerprint density at radius 3 is 2.11 bits per heavy atom. The number of aliphatic hydroxyl groups excluding tert-OH is 1. The number of rotatable bonds is 7. The zero-order valence-corrected chi connectivity index (χ0v) is 18.0. The summed E-state index contributed by atoms with van der Waals surface area (Å²) in [4.78, 5) is 0. The number of hydrogen-bond donors (Lipinski definition) is 2. The van der Waals surface area contributed by atoms with Crippen LogP contribution < -0.4 is 4.74 Å². The van der Waals surface area contributed by atoms with Crippen LogP contribution in [0.25, 0.3) is 0 Å². The predicted molar refractivity (Wildman–Crippen MR) is 110 cm³/mol. The summed E-state index contributed by atoms with van der Waals surface area (Å²) >= 11 is 0. The summed E-state index contributed by atoms with van der Waals surface area (Å²) in [6, 6.07) is 19.0. The Balaban J connectivity index is 2.25. The van der Waals surface area contributed by atoms with Gasteiger partial charge >= 0.3 is 0 Å². The number of fused-ring (bicyclic) bond motifs is 1. The van der Waals surface area contributed by atoms with E-state index in [-0.39, 0.29) is 0 Å². The summed E-state index contributed by atoms with van der Waals surface area (Å²) in [5.74, 6) is -3.08. The molecule has 0 spiro atoms. The van der Waals surface area contributed by atoms with Crippen molar-refractivity contribution in [3.8, 4) is 5.75 Å². The highest BCUT2D eigenvalue weighted by Gasteiger charge is 2.62. The normalized spacial score (nSPS) is 27.1. The maximum Gasteiger partial charge on any atom is 0.260 e. The van der Waals surface area contributed by atoms with E-state index in [1.165, 1.54) is 7.11 Å². The molecule has 0 radical (unpaired) electrons. The molecule has 0 aliphatic carbocycles. The fourth-order valence-electron chi connectivity index (χ4n) is 4.01. The molecule has 152 valence electrons. The Kier molecular flexibility index (Phi) is 5.98. The number of para-hydroxylation sites is 1. The maximum absolute atomic E-state index is 11.5. The minimum absolute atomic E-state index is 0.386. The van der Waals surface area contributed by atoms with Crippen LogP contribution in [0.5, 0.6) is 5.75 Å². The lowest BCUT2D eigenvalue weighted by atomic mass is 9.86. The van der Waals surface area contributed by atoms with E-state index in [4.69, 9.17) is 13.9 Å². The van der Waals surface area contributed by atoms with E-state index >= 15 is 0 Å². The van der Waals surface area contributed by atoms with Gasteiger partial charge in [-0.2, -0.15) is 0 Å². The van der Waals surface area contributed by atoms with E-state index in [0.717, 1.165) is 18.1 Å². The summed E-state index contributed by atoms with van der Waals surface area (Å²) < 4.78 is 18.7. The molecular formula is C22H30O5Si. The molecule has 1 heterocycles. The Labute approximate surface area is 168 Å². The van der Waals surface area contributed by atoms with Crippen molar-refractivity contribution in [3.05, 3.63) is 65.7 Å². The number of hydrogen-bond acceptors (Lipinski definition) is 5. The van der Waals surface area contributed by atoms with Gasteiger partial charge in [0.15, 0.2) is 14.4 Å². The molecular weight excluding hydrogens is 372 g/mol. The van der Waals surface area contributed by atoms with Crippen LogP contribution in [0.15, 0.2) is 54.6 Å². The minimum atomic E-state index is -2.25. The zero-order valence-electron chi connectivity index (χ0n) is 17.0. The third-order valence-corrected chi connectivity index (χ3v) is 10.7. The number of benzene rings is 2. The quantitative estimate of drug-likeness (QED) is 0.539. The number of aliphatic hydroxyl groups is 2. The van der Waals surface area contributed by atoms with E-state index in [2.05, 4.69) is 20.8 Å². The summed E-state index contributed by atoms with van der Waals surface area (Å²) in [6.07, 6.45) is -1.47. The standard InChI is InChI=1S/C22H30O5Si/c1-5-28(6-2,7-3)27-22(17-13-9-8-10-14-17)20(23)21(24,25-4)18-15-11-12-16-19(18)26-22/h8-16,20,23-24H,5-7H2,1-4H3. The molecule has 0 saturated carbocycles. The maximum atomic E-state index is 11.5. The van der Waals surface area contributed by atoms with Gasteiger partial charge in [-0.15, -0.1) is 0 Å². The minimum Gasteiger partial charge on any atom is -0.455 e. The van der Waals surface area contributed by atoms with Gasteiger partial charge in [0.1, 0.15) is 5.75 Å². The molecule has 0 amide bonds. The van der Waals surface area contributed by atoms with Gasteiger partial charge in [-0.3, -0.25) is 0 Å². The third-order valence-electron chi connectivity index (χ3n) is 6.05. The first-order chi connectivity index (χ1) is 13.4. The van der Waals surface area contributed by atoms with Crippen LogP contribution in [0.2, 0.25) is 18.1 Å². The Bertz CT molecular complexity index is 786. The van der Waals surface area contributed by atoms with Crippen LogP contribution in [-0.2, 0) is 20.7 Å². The van der Waals surface area contributed by atoms with Crippen molar-refractivity contribution in [1.82, 2.24) is 0 Å². The Morgan fingerprint density at radius 1 is 0.964 bits per heavy atom. The molecule has 6 heteroatoms. The van der Waals surface area contributed by atoms with E-state index in [0.29, 0.717) is 16.9 Å². The molecule has 0 saturated heterocycles. The van der Waals surface area contributed by atoms with Crippen molar-refractivity contribution in [3.63, 3.8) is 0 Å². The topological polar surface area (TPSA) is 68.2 Å². The third kappa shape index (κ3) is 3.19. The number of ether oxygens (including phenoxy) is 2. The molecule has 0 bridgehead atoms. The molecule has 0 aromatic heterocycles. The smallest absolute Gasteiger partial charge is 0.260 e. The summed E-state index contributed by atoms with van der Waals surface area (Å²) in [5, 5.41) is 22.9. The van der Waals surface area contributed by atoms with Crippen molar-refractivity contribution < 1.29 is 24.1 Å². The largest absolute Gasteiger partial charge is 0.455 e. The molecule has 2 aromatic carbocycles. The second-order valence-corrected chi connectivity index (χ2v) is 12.0. The average Bonchev–Trinajstić information content (AvgIpc) is 2.76. The summed E-state index contributed by atoms with van der Waals surface area (Å²) in [7, 11) is -0.870. The van der Waals surface area contributed by atoms with Gasteiger partial charge in [0.25, 0.3) is 5.79 Å². The lowest BCUT2D eigenvalue weighted by Crippen LogP contribution is -2.64. The second kappa shape index (κ2) is 7.97. The van der Waals surface area contributed by atoms with Crippen LogP contribution in [0.3, 0.4) is 0 Å². The summed E-state index contributed by atoms with van der Waals surface area (Å²) in [5.41, 5.74) is 1.04. The van der Waals surface area contributed by atoms with E-state index in [1.54, 1.807) is 18.2 Å². The molecule has 1 aliphatic rings. The van der Waals surface area contributed by atoms with Crippen LogP contribution in [0, 0.1) is 0 Å². The highest BCUT2D eigenvalue weighted by Crippen LogP contribution is 2.50. The zero-order chi connectivity index (χ0) is 20.4. The monoisotopic (exact) mass is 402 g/mol. The van der Waals surface area contributed by atoms with Crippen LogP contribution in [0.1, 0.15) is 31.9 Å². The van der Waals surface area contributed by atoms with Gasteiger partial charge in [-0.25, -0.2) is 0 Å². The van der Waals surface area contributed by atoms with Gasteiger partial charge in [-0.05, 0) is 30.3 Å². The Hall–Kier alpha value is -1.70. The first kappa shape index (κ1) is 21.0. The highest BCUT2D eigenvalue weighted by molar-refractivity contribution is 6.73. The highest BCUT2D eigenvalue weighted by atomic mass is 28.4. The molecule has 5 nitrogen and oxygen atoms in total. The van der Waals surface area contributed by atoms with Crippen LogP contribution >= 0.6 is 0 Å². The Morgan fingerprint density at radius 2 is 1.54 bits per heavy atom. The molecule has 3 unspecified atom stereocenters. The van der Waals surface area contributed by atoms with Gasteiger partial charge < -0.3 is 24.1 Å². The van der Waals surface area contributed by atoms with Gasteiger partial charge in [0.2, 0.25) is 5.79 Å². The summed E-state index contributed by atoms with van der Waals surface area (Å²) in [6.45, 7) is 6.34. The first-order valence-corrected chi connectivity index (χ1v) is 12.4. The van der Waals surface area contributed by atoms with Crippen molar-refractivity contribution in [2.75, 3.05) is 7.11 Å². The fourth-order valence-corrected chi connectivity index (χ4v) is 6.86. The van der Waals surface area contributed by atoms with Crippen LogP contribution in [-0.4, -0.2) is 31.7 Å². The van der Waals surface area contributed by atoms with E-state index < -0.39 is 26.0 Å². The molecule has 1 aliphatic heterocycles. The average molecular weight is 403 g/mol.